The molecule has 0 spiro atoms. The minimum Gasteiger partial charge on any atom is -0.469 e. The van der Waals surface area contributed by atoms with Crippen molar-refractivity contribution in [1.29, 1.82) is 0 Å². The quantitative estimate of drug-likeness (QED) is 0.841. The van der Waals surface area contributed by atoms with Crippen molar-refractivity contribution in [2.75, 3.05) is 31.6 Å². The van der Waals surface area contributed by atoms with Gasteiger partial charge in [-0.05, 0) is 37.1 Å². The van der Waals surface area contributed by atoms with Gasteiger partial charge in [-0.25, -0.2) is 0 Å². The number of anilines is 1. The summed E-state index contributed by atoms with van der Waals surface area (Å²) in [7, 11) is 1.44. The van der Waals surface area contributed by atoms with Gasteiger partial charge in [0.2, 0.25) is 0 Å². The molecule has 1 atom stereocenters. The highest BCUT2D eigenvalue weighted by atomic mass is 16.5. The van der Waals surface area contributed by atoms with Gasteiger partial charge >= 0.3 is 5.97 Å². The molecule has 2 rings (SSSR count). The highest BCUT2D eigenvalue weighted by molar-refractivity contribution is 5.70. The summed E-state index contributed by atoms with van der Waals surface area (Å²) in [5, 5.41) is 3.37. The number of aryl methyl sites for hydroxylation is 2. The van der Waals surface area contributed by atoms with E-state index in [1.165, 1.54) is 23.9 Å². The molecule has 0 bridgehead atoms. The molecular formula is C15H22N2O2. The summed E-state index contributed by atoms with van der Waals surface area (Å²) in [6.45, 7) is 6.95. The summed E-state index contributed by atoms with van der Waals surface area (Å²) in [6.07, 6.45) is 0.428. The van der Waals surface area contributed by atoms with Gasteiger partial charge in [0.05, 0.1) is 13.5 Å². The fourth-order valence-corrected chi connectivity index (χ4v) is 2.61. The molecule has 19 heavy (non-hydrogen) atoms. The molecule has 1 aliphatic heterocycles. The molecular weight excluding hydrogens is 240 g/mol. The Balaban J connectivity index is 2.06. The van der Waals surface area contributed by atoms with E-state index < -0.39 is 0 Å². The van der Waals surface area contributed by atoms with E-state index in [0.717, 1.165) is 19.6 Å². The van der Waals surface area contributed by atoms with Gasteiger partial charge in [-0.2, -0.15) is 0 Å². The molecule has 0 radical (unpaired) electrons. The lowest BCUT2D eigenvalue weighted by molar-refractivity contribution is -0.141. The number of methoxy groups -OCH3 is 1. The molecule has 1 heterocycles. The normalized spacial score (nSPS) is 19.3. The number of ether oxygens (including phenoxy) is 1. The Bertz CT molecular complexity index is 439. The average molecular weight is 262 g/mol. The minimum atomic E-state index is -0.153. The summed E-state index contributed by atoms with van der Waals surface area (Å²) >= 11 is 0. The average Bonchev–Trinajstić information content (AvgIpc) is 2.38. The first-order valence-electron chi connectivity index (χ1n) is 6.72. The van der Waals surface area contributed by atoms with E-state index in [4.69, 9.17) is 4.74 Å². The summed E-state index contributed by atoms with van der Waals surface area (Å²) in [4.78, 5) is 13.7. The number of hydrogen-bond donors (Lipinski definition) is 1. The number of esters is 1. The molecule has 1 fully saturated rings. The summed E-state index contributed by atoms with van der Waals surface area (Å²) in [5.74, 6) is -0.153. The molecule has 0 amide bonds. The van der Waals surface area contributed by atoms with Crippen LogP contribution in [0, 0.1) is 13.8 Å². The maximum atomic E-state index is 11.4. The van der Waals surface area contributed by atoms with Crippen molar-refractivity contribution in [2.45, 2.75) is 26.3 Å². The van der Waals surface area contributed by atoms with E-state index in [0.29, 0.717) is 6.42 Å². The van der Waals surface area contributed by atoms with Crippen molar-refractivity contribution < 1.29 is 9.53 Å². The number of nitrogens with zero attached hydrogens (tertiary/aromatic N) is 1. The molecule has 0 aliphatic carbocycles. The van der Waals surface area contributed by atoms with Gasteiger partial charge in [0.25, 0.3) is 0 Å². The smallest absolute Gasteiger partial charge is 0.307 e. The topological polar surface area (TPSA) is 41.6 Å². The monoisotopic (exact) mass is 262 g/mol. The van der Waals surface area contributed by atoms with E-state index in [-0.39, 0.29) is 12.0 Å². The molecule has 1 aliphatic rings. The van der Waals surface area contributed by atoms with Crippen LogP contribution in [-0.4, -0.2) is 38.8 Å². The highest BCUT2D eigenvalue weighted by Gasteiger charge is 2.22. The maximum Gasteiger partial charge on any atom is 0.307 e. The lowest BCUT2D eigenvalue weighted by Gasteiger charge is -2.35. The number of rotatable bonds is 3. The molecule has 4 nitrogen and oxygen atoms in total. The summed E-state index contributed by atoms with van der Waals surface area (Å²) in [6, 6.07) is 6.75. The Morgan fingerprint density at radius 2 is 2.05 bits per heavy atom. The molecule has 1 aromatic rings. The number of hydrogen-bond acceptors (Lipinski definition) is 4. The molecule has 104 valence electrons. The minimum absolute atomic E-state index is 0.153. The van der Waals surface area contributed by atoms with E-state index >= 15 is 0 Å². The van der Waals surface area contributed by atoms with Crippen LogP contribution in [0.3, 0.4) is 0 Å². The molecule has 1 saturated heterocycles. The van der Waals surface area contributed by atoms with Crippen molar-refractivity contribution in [3.8, 4) is 0 Å². The molecule has 0 saturated carbocycles. The van der Waals surface area contributed by atoms with E-state index in [1.807, 2.05) is 0 Å². The van der Waals surface area contributed by atoms with Gasteiger partial charge in [-0.15, -0.1) is 0 Å². The van der Waals surface area contributed by atoms with E-state index in [2.05, 4.69) is 42.3 Å². The van der Waals surface area contributed by atoms with E-state index in [1.54, 1.807) is 0 Å². The zero-order chi connectivity index (χ0) is 13.8. The third kappa shape index (κ3) is 3.70. The van der Waals surface area contributed by atoms with E-state index in [9.17, 15) is 4.79 Å². The lowest BCUT2D eigenvalue weighted by atomic mass is 10.1. The maximum absolute atomic E-state index is 11.4. The van der Waals surface area contributed by atoms with Gasteiger partial charge in [-0.3, -0.25) is 4.79 Å². The standard InChI is InChI=1S/C15H22N2O2/c1-11-6-12(2)8-14(7-11)17-5-4-16-13(10-17)9-15(18)19-3/h6-8,13,16H,4-5,9-10H2,1-3H3. The third-order valence-electron chi connectivity index (χ3n) is 3.47. The van der Waals surface area contributed by atoms with Crippen LogP contribution < -0.4 is 10.2 Å². The Morgan fingerprint density at radius 1 is 1.37 bits per heavy atom. The van der Waals surface area contributed by atoms with Crippen molar-refractivity contribution in [2.24, 2.45) is 0 Å². The predicted molar refractivity (Wildman–Crippen MR) is 76.6 cm³/mol. The predicted octanol–water partition coefficient (Wildman–Crippen LogP) is 1.64. The van der Waals surface area contributed by atoms with Crippen LogP contribution in [0.15, 0.2) is 18.2 Å². The first-order chi connectivity index (χ1) is 9.08. The van der Waals surface area contributed by atoms with Crippen LogP contribution in [0.5, 0.6) is 0 Å². The van der Waals surface area contributed by atoms with Gasteiger partial charge in [0.1, 0.15) is 0 Å². The second kappa shape index (κ2) is 6.06. The highest BCUT2D eigenvalue weighted by Crippen LogP contribution is 2.20. The fourth-order valence-electron chi connectivity index (χ4n) is 2.61. The summed E-state index contributed by atoms with van der Waals surface area (Å²) < 4.78 is 4.73. The van der Waals surface area contributed by atoms with Gasteiger partial charge in [0, 0.05) is 31.4 Å². The zero-order valence-corrected chi connectivity index (χ0v) is 11.9. The van der Waals surface area contributed by atoms with Crippen LogP contribution in [0.4, 0.5) is 5.69 Å². The van der Waals surface area contributed by atoms with Crippen molar-refractivity contribution in [3.05, 3.63) is 29.3 Å². The first kappa shape index (κ1) is 13.9. The molecule has 1 unspecified atom stereocenters. The molecule has 1 aromatic carbocycles. The Kier molecular flexibility index (Phi) is 4.43. The summed E-state index contributed by atoms with van der Waals surface area (Å²) in [5.41, 5.74) is 3.80. The Labute approximate surface area is 114 Å². The van der Waals surface area contributed by atoms with Crippen molar-refractivity contribution >= 4 is 11.7 Å². The Hall–Kier alpha value is -1.55. The third-order valence-corrected chi connectivity index (χ3v) is 3.47. The second-order valence-electron chi connectivity index (χ2n) is 5.22. The number of benzene rings is 1. The SMILES string of the molecule is COC(=O)CC1CN(c2cc(C)cc(C)c2)CCN1. The lowest BCUT2D eigenvalue weighted by Crippen LogP contribution is -2.51. The van der Waals surface area contributed by atoms with Crippen LogP contribution in [0.2, 0.25) is 0 Å². The van der Waals surface area contributed by atoms with Crippen molar-refractivity contribution in [1.82, 2.24) is 5.32 Å². The first-order valence-corrected chi connectivity index (χ1v) is 6.72. The van der Waals surface area contributed by atoms with Crippen LogP contribution in [0.1, 0.15) is 17.5 Å². The van der Waals surface area contributed by atoms with Crippen LogP contribution in [-0.2, 0) is 9.53 Å². The molecule has 0 aromatic heterocycles. The van der Waals surface area contributed by atoms with Crippen LogP contribution >= 0.6 is 0 Å². The number of carbonyl (C=O) groups excluding carboxylic acids is 1. The van der Waals surface area contributed by atoms with Gasteiger partial charge < -0.3 is 15.0 Å². The zero-order valence-electron chi connectivity index (χ0n) is 11.9. The molecule has 4 heteroatoms. The van der Waals surface area contributed by atoms with Crippen molar-refractivity contribution in [3.63, 3.8) is 0 Å². The largest absolute Gasteiger partial charge is 0.469 e. The van der Waals surface area contributed by atoms with Gasteiger partial charge in [-0.1, -0.05) is 6.07 Å². The number of nitrogens with one attached hydrogen (secondary N) is 1. The molecule has 1 N–H and O–H groups in total. The van der Waals surface area contributed by atoms with Gasteiger partial charge in [0.15, 0.2) is 0 Å². The second-order valence-corrected chi connectivity index (χ2v) is 5.22. The number of carbonyl (C=O) groups is 1. The Morgan fingerprint density at radius 3 is 2.68 bits per heavy atom. The number of piperazine rings is 1. The van der Waals surface area contributed by atoms with Crippen LogP contribution in [0.25, 0.3) is 0 Å². The fraction of sp³-hybridized carbons (Fsp3) is 0.533.